The van der Waals surface area contributed by atoms with Gasteiger partial charge in [-0.15, -0.1) is 0 Å². The van der Waals surface area contributed by atoms with Crippen LogP contribution in [0.2, 0.25) is 0 Å². The van der Waals surface area contributed by atoms with Crippen LogP contribution in [0.25, 0.3) is 0 Å². The Bertz CT molecular complexity index is 315. The zero-order chi connectivity index (χ0) is 8.01. The Labute approximate surface area is 64.0 Å². The van der Waals surface area contributed by atoms with Crippen molar-refractivity contribution in [2.24, 2.45) is 5.73 Å². The fourth-order valence-corrected chi connectivity index (χ4v) is 1.36. The second-order valence-corrected chi connectivity index (χ2v) is 2.84. The molecule has 0 fully saturated rings. The summed E-state index contributed by atoms with van der Waals surface area (Å²) < 4.78 is 1.40. The summed E-state index contributed by atoms with van der Waals surface area (Å²) in [6.45, 7) is 1.87. The molecule has 1 aromatic heterocycles. The van der Waals surface area contributed by atoms with Gasteiger partial charge in [-0.25, -0.2) is 4.68 Å². The molecular formula is C7H9N3O. The summed E-state index contributed by atoms with van der Waals surface area (Å²) in [7, 11) is 0. The minimum atomic E-state index is -0.377. The molecular weight excluding hydrogens is 142 g/mol. The highest BCUT2D eigenvalue weighted by molar-refractivity contribution is 5.86. The van der Waals surface area contributed by atoms with Crippen molar-refractivity contribution in [2.45, 2.75) is 19.4 Å². The first-order valence-corrected chi connectivity index (χ1v) is 3.54. The zero-order valence-corrected chi connectivity index (χ0v) is 6.24. The Morgan fingerprint density at radius 2 is 2.55 bits per heavy atom. The molecule has 4 nitrogen and oxygen atoms in total. The number of rotatable bonds is 0. The molecule has 1 unspecified atom stereocenters. The van der Waals surface area contributed by atoms with E-state index in [2.05, 4.69) is 5.10 Å². The Morgan fingerprint density at radius 3 is 3.18 bits per heavy atom. The third kappa shape index (κ3) is 0.793. The highest BCUT2D eigenvalue weighted by atomic mass is 16.2. The van der Waals surface area contributed by atoms with Gasteiger partial charge in [0, 0.05) is 12.1 Å². The third-order valence-corrected chi connectivity index (χ3v) is 1.86. The van der Waals surface area contributed by atoms with E-state index < -0.39 is 0 Å². The second-order valence-electron chi connectivity index (χ2n) is 2.84. The molecule has 2 rings (SSSR count). The maximum Gasteiger partial charge on any atom is 0.264 e. The predicted molar refractivity (Wildman–Crippen MR) is 39.3 cm³/mol. The SMILES string of the molecule is Cc1cc2n(n1)C(=O)C(N)C2. The van der Waals surface area contributed by atoms with Crippen LogP contribution in [0, 0.1) is 6.92 Å². The molecule has 58 valence electrons. The van der Waals surface area contributed by atoms with Gasteiger partial charge in [0.15, 0.2) is 0 Å². The van der Waals surface area contributed by atoms with E-state index in [4.69, 9.17) is 5.73 Å². The van der Waals surface area contributed by atoms with E-state index in [0.717, 1.165) is 11.4 Å². The Balaban J connectivity index is 2.52. The lowest BCUT2D eigenvalue weighted by Crippen LogP contribution is -2.29. The normalized spacial score (nSPS) is 22.4. The molecule has 2 heterocycles. The van der Waals surface area contributed by atoms with E-state index in [9.17, 15) is 4.79 Å². The van der Waals surface area contributed by atoms with Crippen LogP contribution in [0.4, 0.5) is 0 Å². The lowest BCUT2D eigenvalue weighted by atomic mass is 10.2. The van der Waals surface area contributed by atoms with Crippen LogP contribution < -0.4 is 5.73 Å². The van der Waals surface area contributed by atoms with Crippen molar-refractivity contribution in [3.8, 4) is 0 Å². The van der Waals surface area contributed by atoms with Crippen LogP contribution >= 0.6 is 0 Å². The molecule has 11 heavy (non-hydrogen) atoms. The summed E-state index contributed by atoms with van der Waals surface area (Å²) in [5.41, 5.74) is 7.32. The fraction of sp³-hybridized carbons (Fsp3) is 0.429. The molecule has 1 aliphatic rings. The van der Waals surface area contributed by atoms with Crippen LogP contribution in [0.5, 0.6) is 0 Å². The van der Waals surface area contributed by atoms with Crippen LogP contribution in [0.1, 0.15) is 16.2 Å². The first-order chi connectivity index (χ1) is 5.18. The van der Waals surface area contributed by atoms with Crippen molar-refractivity contribution < 1.29 is 4.79 Å². The van der Waals surface area contributed by atoms with Gasteiger partial charge in [-0.05, 0) is 13.0 Å². The minimum absolute atomic E-state index is 0.0897. The summed E-state index contributed by atoms with van der Waals surface area (Å²) in [6.07, 6.45) is 0.625. The summed E-state index contributed by atoms with van der Waals surface area (Å²) in [5, 5.41) is 4.01. The van der Waals surface area contributed by atoms with Gasteiger partial charge >= 0.3 is 0 Å². The monoisotopic (exact) mass is 151 g/mol. The molecule has 1 aliphatic heterocycles. The van der Waals surface area contributed by atoms with Crippen molar-refractivity contribution in [3.63, 3.8) is 0 Å². The quantitative estimate of drug-likeness (QED) is 0.554. The first kappa shape index (κ1) is 6.54. The Kier molecular flexibility index (Phi) is 1.14. The van der Waals surface area contributed by atoms with E-state index in [-0.39, 0.29) is 11.9 Å². The van der Waals surface area contributed by atoms with E-state index in [1.54, 1.807) is 0 Å². The van der Waals surface area contributed by atoms with Gasteiger partial charge in [0.1, 0.15) is 0 Å². The molecule has 0 saturated carbocycles. The molecule has 4 heteroatoms. The molecule has 0 radical (unpaired) electrons. The van der Waals surface area contributed by atoms with Gasteiger partial charge in [-0.2, -0.15) is 5.10 Å². The minimum Gasteiger partial charge on any atom is -0.319 e. The number of nitrogens with two attached hydrogens (primary N) is 1. The second kappa shape index (κ2) is 1.92. The van der Waals surface area contributed by atoms with E-state index in [0.29, 0.717) is 6.42 Å². The maximum absolute atomic E-state index is 11.2. The molecule has 2 N–H and O–H groups in total. The van der Waals surface area contributed by atoms with Crippen LogP contribution in [0.15, 0.2) is 6.07 Å². The molecule has 0 aliphatic carbocycles. The lowest BCUT2D eigenvalue weighted by molar-refractivity contribution is 0.0888. The molecule has 0 bridgehead atoms. The highest BCUT2D eigenvalue weighted by Crippen LogP contribution is 2.13. The molecule has 0 amide bonds. The average Bonchev–Trinajstić information content (AvgIpc) is 2.37. The Morgan fingerprint density at radius 1 is 1.82 bits per heavy atom. The van der Waals surface area contributed by atoms with Crippen molar-refractivity contribution in [1.82, 2.24) is 9.78 Å². The van der Waals surface area contributed by atoms with Crippen LogP contribution in [0.3, 0.4) is 0 Å². The molecule has 0 saturated heterocycles. The number of fused-ring (bicyclic) bond motifs is 1. The summed E-state index contributed by atoms with van der Waals surface area (Å²) >= 11 is 0. The van der Waals surface area contributed by atoms with Gasteiger partial charge < -0.3 is 5.73 Å². The van der Waals surface area contributed by atoms with Crippen LogP contribution in [-0.2, 0) is 6.42 Å². The smallest absolute Gasteiger partial charge is 0.264 e. The largest absolute Gasteiger partial charge is 0.319 e. The number of aromatic nitrogens is 2. The van der Waals surface area contributed by atoms with Gasteiger partial charge in [0.25, 0.3) is 5.91 Å². The molecule has 0 aromatic carbocycles. The summed E-state index contributed by atoms with van der Waals surface area (Å²) in [5.74, 6) is -0.0897. The number of aryl methyl sites for hydroxylation is 1. The molecule has 0 spiro atoms. The number of carbonyl (C=O) groups is 1. The molecule has 1 aromatic rings. The summed E-state index contributed by atoms with van der Waals surface area (Å²) in [4.78, 5) is 11.2. The number of hydrogen-bond acceptors (Lipinski definition) is 3. The van der Waals surface area contributed by atoms with Crippen molar-refractivity contribution in [1.29, 1.82) is 0 Å². The van der Waals surface area contributed by atoms with Crippen molar-refractivity contribution >= 4 is 5.91 Å². The molecule has 1 atom stereocenters. The number of nitrogens with zero attached hydrogens (tertiary/aromatic N) is 2. The van der Waals surface area contributed by atoms with Gasteiger partial charge in [0.2, 0.25) is 0 Å². The first-order valence-electron chi connectivity index (χ1n) is 3.54. The van der Waals surface area contributed by atoms with E-state index >= 15 is 0 Å². The third-order valence-electron chi connectivity index (χ3n) is 1.86. The maximum atomic E-state index is 11.2. The average molecular weight is 151 g/mol. The predicted octanol–water partition coefficient (Wildman–Crippen LogP) is -0.285. The lowest BCUT2D eigenvalue weighted by Gasteiger charge is -1.95. The topological polar surface area (TPSA) is 60.9 Å². The van der Waals surface area contributed by atoms with Crippen molar-refractivity contribution in [2.75, 3.05) is 0 Å². The Hall–Kier alpha value is -1.16. The number of hydrogen-bond donors (Lipinski definition) is 1. The van der Waals surface area contributed by atoms with E-state index in [1.165, 1.54) is 4.68 Å². The number of carbonyl (C=O) groups excluding carboxylic acids is 1. The standard InChI is InChI=1S/C7H9N3O/c1-4-2-5-3-6(8)7(11)10(5)9-4/h2,6H,3,8H2,1H3. The van der Waals surface area contributed by atoms with E-state index in [1.807, 2.05) is 13.0 Å². The highest BCUT2D eigenvalue weighted by Gasteiger charge is 2.28. The van der Waals surface area contributed by atoms with Crippen LogP contribution in [-0.4, -0.2) is 21.7 Å². The van der Waals surface area contributed by atoms with Gasteiger partial charge in [-0.1, -0.05) is 0 Å². The summed E-state index contributed by atoms with van der Waals surface area (Å²) in [6, 6.07) is 1.52. The van der Waals surface area contributed by atoms with Crippen molar-refractivity contribution in [3.05, 3.63) is 17.5 Å². The zero-order valence-electron chi connectivity index (χ0n) is 6.24. The van der Waals surface area contributed by atoms with Gasteiger partial charge in [0.05, 0.1) is 11.7 Å². The fourth-order valence-electron chi connectivity index (χ4n) is 1.36. The van der Waals surface area contributed by atoms with Gasteiger partial charge in [-0.3, -0.25) is 4.79 Å².